The zero-order valence-electron chi connectivity index (χ0n) is 9.55. The van der Waals surface area contributed by atoms with Gasteiger partial charge in [-0.15, -0.1) is 0 Å². The van der Waals surface area contributed by atoms with Crippen molar-refractivity contribution in [1.29, 1.82) is 0 Å². The number of carbonyl (C=O) groups excluding carboxylic acids is 1. The fourth-order valence-corrected chi connectivity index (χ4v) is 2.70. The third-order valence-corrected chi connectivity index (χ3v) is 3.68. The third kappa shape index (κ3) is 4.11. The number of ether oxygens (including phenoxy) is 1. The molecular weight excluding hydrogens is 423 g/mol. The number of esters is 1. The van der Waals surface area contributed by atoms with Crippen molar-refractivity contribution in [2.75, 3.05) is 6.61 Å². The summed E-state index contributed by atoms with van der Waals surface area (Å²) in [7, 11) is 0. The number of rotatable bonds is 5. The number of nitrogens with zero attached hydrogens (tertiary/aromatic N) is 1. The largest absolute Gasteiger partial charge is 0.466 e. The Labute approximate surface area is 126 Å². The van der Waals surface area contributed by atoms with E-state index in [9.17, 15) is 13.6 Å². The number of alkyl halides is 3. The van der Waals surface area contributed by atoms with Gasteiger partial charge in [-0.2, -0.15) is 0 Å². The molecule has 0 spiro atoms. The number of aromatic nitrogens is 1. The van der Waals surface area contributed by atoms with Gasteiger partial charge in [0.25, 0.3) is 6.43 Å². The molecule has 100 valence electrons. The molecule has 0 saturated carbocycles. The van der Waals surface area contributed by atoms with E-state index in [1.807, 2.05) is 22.6 Å². The van der Waals surface area contributed by atoms with Crippen molar-refractivity contribution in [2.24, 2.45) is 0 Å². The first-order valence-electron chi connectivity index (χ1n) is 5.17. The van der Waals surface area contributed by atoms with Crippen LogP contribution in [0.1, 0.15) is 30.2 Å². The van der Waals surface area contributed by atoms with Crippen LogP contribution in [0.4, 0.5) is 8.78 Å². The van der Waals surface area contributed by atoms with Crippen molar-refractivity contribution in [3.05, 3.63) is 26.6 Å². The van der Waals surface area contributed by atoms with Crippen molar-refractivity contribution in [2.45, 2.75) is 25.1 Å². The minimum Gasteiger partial charge on any atom is -0.466 e. The van der Waals surface area contributed by atoms with Gasteiger partial charge < -0.3 is 4.74 Å². The van der Waals surface area contributed by atoms with Crippen molar-refractivity contribution in [1.82, 2.24) is 4.98 Å². The Kier molecular flexibility index (Phi) is 6.40. The fraction of sp³-hybridized carbons (Fsp3) is 0.455. The molecule has 0 atom stereocenters. The summed E-state index contributed by atoms with van der Waals surface area (Å²) in [6, 6.07) is 1.32. The van der Waals surface area contributed by atoms with Gasteiger partial charge in [0.15, 0.2) is 0 Å². The predicted molar refractivity (Wildman–Crippen MR) is 74.9 cm³/mol. The van der Waals surface area contributed by atoms with Crippen LogP contribution in [0.5, 0.6) is 0 Å². The van der Waals surface area contributed by atoms with Gasteiger partial charge in [-0.05, 0) is 46.7 Å². The van der Waals surface area contributed by atoms with E-state index in [1.165, 1.54) is 6.07 Å². The zero-order chi connectivity index (χ0) is 13.7. The second-order valence-corrected chi connectivity index (χ2v) is 4.97. The van der Waals surface area contributed by atoms with Crippen LogP contribution in [-0.2, 0) is 21.3 Å². The van der Waals surface area contributed by atoms with E-state index in [1.54, 1.807) is 6.92 Å². The van der Waals surface area contributed by atoms with Crippen molar-refractivity contribution in [3.8, 4) is 0 Å². The molecule has 0 unspecified atom stereocenters. The van der Waals surface area contributed by atoms with Crippen LogP contribution in [0.2, 0.25) is 0 Å². The van der Waals surface area contributed by atoms with E-state index in [0.717, 1.165) is 0 Å². The Balaban J connectivity index is 3.07. The lowest BCUT2D eigenvalue weighted by molar-refractivity contribution is -0.142. The molecule has 1 rings (SSSR count). The highest BCUT2D eigenvalue weighted by Crippen LogP contribution is 2.25. The van der Waals surface area contributed by atoms with Gasteiger partial charge in [0.1, 0.15) is 9.39 Å². The molecule has 0 radical (unpaired) electrons. The number of hydrogen-bond acceptors (Lipinski definition) is 3. The van der Waals surface area contributed by atoms with Gasteiger partial charge in [-0.3, -0.25) is 4.79 Å². The summed E-state index contributed by atoms with van der Waals surface area (Å²) in [6.45, 7) is 2.01. The summed E-state index contributed by atoms with van der Waals surface area (Å²) >= 11 is 5.08. The molecule has 1 aromatic rings. The van der Waals surface area contributed by atoms with Crippen LogP contribution < -0.4 is 0 Å². The molecule has 0 aliphatic heterocycles. The summed E-state index contributed by atoms with van der Waals surface area (Å²) in [6.07, 6.45) is -2.57. The Bertz CT molecular complexity index is 443. The summed E-state index contributed by atoms with van der Waals surface area (Å²) in [5.74, 6) is -0.385. The highest BCUT2D eigenvalue weighted by molar-refractivity contribution is 14.1. The van der Waals surface area contributed by atoms with Crippen molar-refractivity contribution in [3.63, 3.8) is 0 Å². The van der Waals surface area contributed by atoms with Crippen molar-refractivity contribution < 1.29 is 18.3 Å². The monoisotopic (exact) mass is 433 g/mol. The lowest BCUT2D eigenvalue weighted by atomic mass is 10.1. The van der Waals surface area contributed by atoms with Crippen LogP contribution >= 0.6 is 38.5 Å². The lowest BCUT2D eigenvalue weighted by Gasteiger charge is -2.11. The van der Waals surface area contributed by atoms with E-state index in [-0.39, 0.29) is 18.1 Å². The maximum atomic E-state index is 12.6. The molecule has 0 saturated heterocycles. The second-order valence-electron chi connectivity index (χ2n) is 3.39. The SMILES string of the molecule is CCOC(=O)Cc1c(CBr)cc(C(F)F)nc1I. The molecule has 0 fully saturated rings. The van der Waals surface area contributed by atoms with Crippen LogP contribution in [0.25, 0.3) is 0 Å². The Morgan fingerprint density at radius 2 is 2.28 bits per heavy atom. The first kappa shape index (κ1) is 15.7. The van der Waals surface area contributed by atoms with Gasteiger partial charge in [0.05, 0.1) is 13.0 Å². The number of carbonyl (C=O) groups is 1. The Morgan fingerprint density at radius 1 is 1.61 bits per heavy atom. The minimum atomic E-state index is -2.62. The van der Waals surface area contributed by atoms with E-state index < -0.39 is 6.43 Å². The number of halogens is 4. The van der Waals surface area contributed by atoms with Crippen molar-refractivity contribution >= 4 is 44.5 Å². The quantitative estimate of drug-likeness (QED) is 0.308. The molecule has 18 heavy (non-hydrogen) atoms. The normalized spacial score (nSPS) is 10.8. The second kappa shape index (κ2) is 7.32. The molecule has 0 aromatic carbocycles. The first-order chi connectivity index (χ1) is 8.49. The van der Waals surface area contributed by atoms with Gasteiger partial charge in [-0.1, -0.05) is 15.9 Å². The Morgan fingerprint density at radius 3 is 2.78 bits per heavy atom. The van der Waals surface area contributed by atoms with Gasteiger partial charge in [-0.25, -0.2) is 13.8 Å². The standard InChI is InChI=1S/C11H11BrF2INO2/c1-2-18-9(17)4-7-6(5-12)3-8(10(13)14)16-11(7)15/h3,10H,2,4-5H2,1H3. The lowest BCUT2D eigenvalue weighted by Crippen LogP contribution is -2.12. The maximum absolute atomic E-state index is 12.6. The van der Waals surface area contributed by atoms with Gasteiger partial charge >= 0.3 is 5.97 Å². The van der Waals surface area contributed by atoms with Crippen LogP contribution in [0.15, 0.2) is 6.07 Å². The summed E-state index contributed by atoms with van der Waals surface area (Å²) < 4.78 is 30.5. The Hall–Kier alpha value is -0.310. The number of hydrogen-bond donors (Lipinski definition) is 0. The van der Waals surface area contributed by atoms with Crippen LogP contribution in [0.3, 0.4) is 0 Å². The average molecular weight is 434 g/mol. The minimum absolute atomic E-state index is 0.0452. The number of pyridine rings is 1. The molecule has 3 nitrogen and oxygen atoms in total. The highest BCUT2D eigenvalue weighted by Gasteiger charge is 2.18. The fourth-order valence-electron chi connectivity index (χ4n) is 1.39. The molecule has 1 heterocycles. The molecule has 0 bridgehead atoms. The van der Waals surface area contributed by atoms with Gasteiger partial charge in [0, 0.05) is 5.33 Å². The summed E-state index contributed by atoms with van der Waals surface area (Å²) in [5, 5.41) is 0.389. The molecule has 0 aliphatic carbocycles. The summed E-state index contributed by atoms with van der Waals surface area (Å²) in [5.41, 5.74) is 0.995. The van der Waals surface area contributed by atoms with E-state index in [4.69, 9.17) is 4.74 Å². The smallest absolute Gasteiger partial charge is 0.310 e. The molecule has 7 heteroatoms. The maximum Gasteiger partial charge on any atom is 0.310 e. The molecule has 0 aliphatic rings. The first-order valence-corrected chi connectivity index (χ1v) is 7.37. The average Bonchev–Trinajstić information content (AvgIpc) is 2.31. The van der Waals surface area contributed by atoms with E-state index >= 15 is 0 Å². The predicted octanol–water partition coefficient (Wildman–Crippen LogP) is 3.62. The topological polar surface area (TPSA) is 39.2 Å². The molecular formula is C11H11BrF2INO2. The molecule has 0 amide bonds. The van der Waals surface area contributed by atoms with E-state index in [2.05, 4.69) is 20.9 Å². The third-order valence-electron chi connectivity index (χ3n) is 2.18. The summed E-state index contributed by atoms with van der Waals surface area (Å²) in [4.78, 5) is 15.2. The molecule has 1 aromatic heterocycles. The zero-order valence-corrected chi connectivity index (χ0v) is 13.3. The highest BCUT2D eigenvalue weighted by atomic mass is 127. The molecule has 0 N–H and O–H groups in total. The van der Waals surface area contributed by atoms with Crippen LogP contribution in [-0.4, -0.2) is 17.6 Å². The van der Waals surface area contributed by atoms with Gasteiger partial charge in [0.2, 0.25) is 0 Å². The van der Waals surface area contributed by atoms with Crippen LogP contribution in [0, 0.1) is 3.70 Å². The van der Waals surface area contributed by atoms with E-state index in [0.29, 0.717) is 26.8 Å².